The van der Waals surface area contributed by atoms with E-state index < -0.39 is 0 Å². The van der Waals surface area contributed by atoms with Crippen molar-refractivity contribution >= 4 is 23.2 Å². The van der Waals surface area contributed by atoms with Crippen LogP contribution in [0.15, 0.2) is 47.8 Å². The van der Waals surface area contributed by atoms with E-state index in [1.807, 2.05) is 51.6 Å². The van der Waals surface area contributed by atoms with E-state index in [2.05, 4.69) is 6.07 Å². The first-order valence-electron chi connectivity index (χ1n) is 9.85. The van der Waals surface area contributed by atoms with E-state index in [-0.39, 0.29) is 30.3 Å². The van der Waals surface area contributed by atoms with Gasteiger partial charge in [0.1, 0.15) is 6.54 Å². The first-order chi connectivity index (χ1) is 13.2. The summed E-state index contributed by atoms with van der Waals surface area (Å²) in [5.74, 6) is 0.401. The molecule has 0 saturated heterocycles. The van der Waals surface area contributed by atoms with Gasteiger partial charge in [-0.15, -0.1) is 11.3 Å². The second-order valence-corrected chi connectivity index (χ2v) is 8.67. The third-order valence-electron chi connectivity index (χ3n) is 5.53. The average molecular weight is 383 g/mol. The smallest absolute Gasteiger partial charge is 0.242 e. The summed E-state index contributed by atoms with van der Waals surface area (Å²) in [5.41, 5.74) is 1.12. The Hall–Kier alpha value is -2.14. The van der Waals surface area contributed by atoms with Crippen LogP contribution in [0.3, 0.4) is 0 Å². The van der Waals surface area contributed by atoms with Crippen molar-refractivity contribution in [2.45, 2.75) is 51.2 Å². The molecule has 2 aliphatic carbocycles. The maximum Gasteiger partial charge on any atom is 0.242 e. The standard InChI is InChI=1S/C22H26N2O2S/c25-21(16-24(19-11-12-19)22(26)18-8-4-9-18)23(15-20-10-5-13-27-20)14-17-6-2-1-3-7-17/h1-3,5-7,10,13,18-19H,4,8-9,11-12,14-16H2. The number of carbonyl (C=O) groups is 2. The molecule has 2 saturated carbocycles. The zero-order valence-electron chi connectivity index (χ0n) is 15.5. The molecular weight excluding hydrogens is 356 g/mol. The maximum atomic E-state index is 13.2. The minimum Gasteiger partial charge on any atom is -0.332 e. The van der Waals surface area contributed by atoms with Gasteiger partial charge in [0.05, 0.1) is 6.54 Å². The lowest BCUT2D eigenvalue weighted by Gasteiger charge is -2.33. The van der Waals surface area contributed by atoms with Gasteiger partial charge in [0.25, 0.3) is 0 Å². The van der Waals surface area contributed by atoms with Gasteiger partial charge >= 0.3 is 0 Å². The van der Waals surface area contributed by atoms with Crippen LogP contribution in [0.2, 0.25) is 0 Å². The predicted octanol–water partition coefficient (Wildman–Crippen LogP) is 4.07. The number of thiophene rings is 1. The van der Waals surface area contributed by atoms with E-state index in [4.69, 9.17) is 0 Å². The summed E-state index contributed by atoms with van der Waals surface area (Å²) in [6.45, 7) is 1.40. The lowest BCUT2D eigenvalue weighted by molar-refractivity contribution is -0.145. The lowest BCUT2D eigenvalue weighted by atomic mass is 9.84. The Balaban J connectivity index is 1.47. The highest BCUT2D eigenvalue weighted by Gasteiger charge is 2.39. The lowest BCUT2D eigenvalue weighted by Crippen LogP contribution is -2.46. The van der Waals surface area contributed by atoms with Gasteiger partial charge in [0.2, 0.25) is 11.8 Å². The second kappa shape index (κ2) is 8.26. The van der Waals surface area contributed by atoms with Gasteiger partial charge in [-0.1, -0.05) is 42.8 Å². The maximum absolute atomic E-state index is 13.2. The number of nitrogens with zero attached hydrogens (tertiary/aromatic N) is 2. The molecule has 0 unspecified atom stereocenters. The van der Waals surface area contributed by atoms with E-state index in [1.54, 1.807) is 11.3 Å². The summed E-state index contributed by atoms with van der Waals surface area (Å²) in [5, 5.41) is 2.04. The third kappa shape index (κ3) is 4.59. The molecule has 2 fully saturated rings. The van der Waals surface area contributed by atoms with Crippen molar-refractivity contribution in [3.8, 4) is 0 Å². The van der Waals surface area contributed by atoms with Gasteiger partial charge in [-0.2, -0.15) is 0 Å². The van der Waals surface area contributed by atoms with Crippen LogP contribution in [-0.4, -0.2) is 34.2 Å². The van der Waals surface area contributed by atoms with Gasteiger partial charge in [0.15, 0.2) is 0 Å². The van der Waals surface area contributed by atoms with Crippen LogP contribution in [0.5, 0.6) is 0 Å². The van der Waals surface area contributed by atoms with E-state index in [9.17, 15) is 9.59 Å². The van der Waals surface area contributed by atoms with E-state index >= 15 is 0 Å². The molecule has 5 heteroatoms. The monoisotopic (exact) mass is 382 g/mol. The molecule has 4 rings (SSSR count). The molecule has 1 heterocycles. The molecule has 1 aromatic carbocycles. The Morgan fingerprint density at radius 2 is 1.74 bits per heavy atom. The summed E-state index contributed by atoms with van der Waals surface area (Å²) in [6.07, 6.45) is 5.18. The Morgan fingerprint density at radius 3 is 2.33 bits per heavy atom. The van der Waals surface area contributed by atoms with E-state index in [0.717, 1.165) is 37.7 Å². The van der Waals surface area contributed by atoms with Crippen molar-refractivity contribution in [1.29, 1.82) is 0 Å². The normalized spacial score (nSPS) is 16.6. The highest BCUT2D eigenvalue weighted by Crippen LogP contribution is 2.34. The van der Waals surface area contributed by atoms with Gasteiger partial charge in [0, 0.05) is 23.4 Å². The minimum atomic E-state index is 0.0480. The first-order valence-corrected chi connectivity index (χ1v) is 10.7. The Bertz CT molecular complexity index is 767. The highest BCUT2D eigenvalue weighted by atomic mass is 32.1. The molecule has 2 aliphatic rings. The topological polar surface area (TPSA) is 40.6 Å². The fourth-order valence-electron chi connectivity index (χ4n) is 3.54. The van der Waals surface area contributed by atoms with Crippen molar-refractivity contribution in [1.82, 2.24) is 9.80 Å². The van der Waals surface area contributed by atoms with Gasteiger partial charge < -0.3 is 9.80 Å². The summed E-state index contributed by atoms with van der Waals surface area (Å²) < 4.78 is 0. The molecule has 1 aromatic heterocycles. The molecule has 0 bridgehead atoms. The van der Waals surface area contributed by atoms with Crippen molar-refractivity contribution < 1.29 is 9.59 Å². The van der Waals surface area contributed by atoms with Crippen LogP contribution in [0.25, 0.3) is 0 Å². The number of hydrogen-bond donors (Lipinski definition) is 0. The third-order valence-corrected chi connectivity index (χ3v) is 6.39. The van der Waals surface area contributed by atoms with Crippen LogP contribution in [0.4, 0.5) is 0 Å². The predicted molar refractivity (Wildman–Crippen MR) is 107 cm³/mol. The van der Waals surface area contributed by atoms with Gasteiger partial charge in [-0.25, -0.2) is 0 Å². The quantitative estimate of drug-likeness (QED) is 0.691. The van der Waals surface area contributed by atoms with Gasteiger partial charge in [-0.3, -0.25) is 9.59 Å². The molecule has 142 valence electrons. The van der Waals surface area contributed by atoms with Crippen LogP contribution in [-0.2, 0) is 22.7 Å². The number of hydrogen-bond acceptors (Lipinski definition) is 3. The number of carbonyl (C=O) groups excluding carboxylic acids is 2. The Morgan fingerprint density at radius 1 is 0.963 bits per heavy atom. The van der Waals surface area contributed by atoms with Crippen molar-refractivity contribution in [2.24, 2.45) is 5.92 Å². The van der Waals surface area contributed by atoms with E-state index in [1.165, 1.54) is 4.88 Å². The molecule has 2 aromatic rings. The summed E-state index contributed by atoms with van der Waals surface area (Å²) in [6, 6.07) is 14.4. The largest absolute Gasteiger partial charge is 0.332 e. The molecule has 0 radical (unpaired) electrons. The van der Waals surface area contributed by atoms with Crippen LogP contribution >= 0.6 is 11.3 Å². The van der Waals surface area contributed by atoms with Crippen LogP contribution in [0, 0.1) is 5.92 Å². The molecule has 0 atom stereocenters. The molecule has 2 amide bonds. The highest BCUT2D eigenvalue weighted by molar-refractivity contribution is 7.09. The van der Waals surface area contributed by atoms with Crippen molar-refractivity contribution in [3.05, 3.63) is 58.3 Å². The number of amides is 2. The molecule has 0 N–H and O–H groups in total. The summed E-state index contributed by atoms with van der Waals surface area (Å²) in [4.78, 5) is 30.9. The average Bonchev–Trinajstić information content (AvgIpc) is 3.34. The summed E-state index contributed by atoms with van der Waals surface area (Å²) >= 11 is 1.67. The molecule has 0 aliphatic heterocycles. The Labute approximate surface area is 164 Å². The Kier molecular flexibility index (Phi) is 5.58. The zero-order valence-corrected chi connectivity index (χ0v) is 16.4. The molecular formula is C22H26N2O2S. The SMILES string of the molecule is O=C(CN(C(=O)C1CCC1)C1CC1)N(Cc1ccccc1)Cc1cccs1. The molecule has 0 spiro atoms. The number of rotatable bonds is 8. The fourth-order valence-corrected chi connectivity index (χ4v) is 4.25. The van der Waals surface area contributed by atoms with Crippen LogP contribution in [0.1, 0.15) is 42.5 Å². The van der Waals surface area contributed by atoms with Crippen molar-refractivity contribution in [3.63, 3.8) is 0 Å². The summed E-state index contributed by atoms with van der Waals surface area (Å²) in [7, 11) is 0. The first kappa shape index (κ1) is 18.2. The fraction of sp³-hybridized carbons (Fsp3) is 0.455. The van der Waals surface area contributed by atoms with Gasteiger partial charge in [-0.05, 0) is 42.7 Å². The van der Waals surface area contributed by atoms with E-state index in [0.29, 0.717) is 13.1 Å². The zero-order chi connectivity index (χ0) is 18.6. The molecule has 4 nitrogen and oxygen atoms in total. The van der Waals surface area contributed by atoms with Crippen molar-refractivity contribution in [2.75, 3.05) is 6.54 Å². The molecule has 27 heavy (non-hydrogen) atoms. The minimum absolute atomic E-state index is 0.0480. The second-order valence-electron chi connectivity index (χ2n) is 7.64. The number of benzene rings is 1. The van der Waals surface area contributed by atoms with Crippen LogP contribution < -0.4 is 0 Å².